The standard InChI is InChI=1S/C30H30Cl2N6O3/c1-16(39)33-13-17-6-9-24(41-5)23(10-17)38-27-25-26(21-8-7-18(31)12-22(21)30(27,2)3)37(29(40)34-28(25)35-38)20-11-19(32)14-36(4)15-20/h6-12,15,26H,13-14H2,1-5H3,(H,33,39)(H,34,35,40). The fourth-order valence-electron chi connectivity index (χ4n) is 6.08. The molecular weight excluding hydrogens is 563 g/mol. The van der Waals surface area contributed by atoms with Gasteiger partial charge in [0.25, 0.3) is 0 Å². The van der Waals surface area contributed by atoms with E-state index < -0.39 is 11.5 Å². The van der Waals surface area contributed by atoms with Crippen LogP contribution >= 0.6 is 23.2 Å². The number of nitrogens with one attached hydrogen (secondary N) is 2. The predicted molar refractivity (Wildman–Crippen MR) is 159 cm³/mol. The average molecular weight is 594 g/mol. The van der Waals surface area contributed by atoms with Crippen molar-refractivity contribution in [2.24, 2.45) is 0 Å². The lowest BCUT2D eigenvalue weighted by atomic mass is 9.69. The van der Waals surface area contributed by atoms with Gasteiger partial charge in [0, 0.05) is 47.7 Å². The van der Waals surface area contributed by atoms with Crippen LogP contribution in [0.15, 0.2) is 59.4 Å². The van der Waals surface area contributed by atoms with Gasteiger partial charge in [0.15, 0.2) is 5.82 Å². The van der Waals surface area contributed by atoms with E-state index in [1.165, 1.54) is 6.92 Å². The Labute approximate surface area is 248 Å². The summed E-state index contributed by atoms with van der Waals surface area (Å²) in [6.07, 6.45) is 3.75. The molecule has 3 heterocycles. The van der Waals surface area contributed by atoms with Crippen LogP contribution in [0.1, 0.15) is 54.8 Å². The molecule has 1 atom stereocenters. The van der Waals surface area contributed by atoms with Crippen molar-refractivity contribution in [1.29, 1.82) is 0 Å². The maximum Gasteiger partial charge on any atom is 0.328 e. The van der Waals surface area contributed by atoms with E-state index in [2.05, 4.69) is 24.5 Å². The van der Waals surface area contributed by atoms with Crippen LogP contribution in [0.5, 0.6) is 5.75 Å². The molecule has 41 heavy (non-hydrogen) atoms. The number of halogens is 2. The Kier molecular flexibility index (Phi) is 6.54. The van der Waals surface area contributed by atoms with E-state index in [-0.39, 0.29) is 11.9 Å². The Morgan fingerprint density at radius 3 is 2.71 bits per heavy atom. The highest BCUT2D eigenvalue weighted by atomic mass is 35.5. The molecule has 11 heteroatoms. The Morgan fingerprint density at radius 2 is 2.00 bits per heavy atom. The quantitative estimate of drug-likeness (QED) is 0.399. The molecule has 3 aliphatic rings. The number of urea groups is 1. The van der Waals surface area contributed by atoms with Crippen LogP contribution in [-0.4, -0.2) is 52.2 Å². The van der Waals surface area contributed by atoms with Gasteiger partial charge in [-0.1, -0.05) is 49.2 Å². The van der Waals surface area contributed by atoms with Crippen LogP contribution in [0.4, 0.5) is 10.6 Å². The maximum atomic E-state index is 13.8. The number of hydrogen-bond acceptors (Lipinski definition) is 5. The first-order valence-electron chi connectivity index (χ1n) is 13.2. The van der Waals surface area contributed by atoms with Crippen LogP contribution in [0, 0.1) is 0 Å². The third-order valence-electron chi connectivity index (χ3n) is 7.82. The third kappa shape index (κ3) is 4.44. The van der Waals surface area contributed by atoms with Gasteiger partial charge in [-0.25, -0.2) is 9.48 Å². The van der Waals surface area contributed by atoms with Gasteiger partial charge >= 0.3 is 6.03 Å². The summed E-state index contributed by atoms with van der Waals surface area (Å²) >= 11 is 13.1. The summed E-state index contributed by atoms with van der Waals surface area (Å²) in [4.78, 5) is 29.1. The Morgan fingerprint density at radius 1 is 1.22 bits per heavy atom. The van der Waals surface area contributed by atoms with Gasteiger partial charge in [0.2, 0.25) is 5.91 Å². The second-order valence-corrected chi connectivity index (χ2v) is 12.0. The maximum absolute atomic E-state index is 13.8. The number of allylic oxidation sites excluding steroid dienone is 1. The molecule has 3 aromatic rings. The zero-order chi connectivity index (χ0) is 29.2. The summed E-state index contributed by atoms with van der Waals surface area (Å²) in [6, 6.07) is 10.7. The zero-order valence-electron chi connectivity index (χ0n) is 23.4. The van der Waals surface area contributed by atoms with Crippen molar-refractivity contribution < 1.29 is 14.3 Å². The van der Waals surface area contributed by atoms with Crippen molar-refractivity contribution in [1.82, 2.24) is 24.9 Å². The second kappa shape index (κ2) is 9.85. The van der Waals surface area contributed by atoms with E-state index in [1.807, 2.05) is 65.3 Å². The van der Waals surface area contributed by atoms with Crippen molar-refractivity contribution >= 4 is 41.0 Å². The van der Waals surface area contributed by atoms with E-state index in [1.54, 1.807) is 12.0 Å². The average Bonchev–Trinajstić information content (AvgIpc) is 3.30. The van der Waals surface area contributed by atoms with E-state index >= 15 is 0 Å². The summed E-state index contributed by atoms with van der Waals surface area (Å²) < 4.78 is 7.62. The number of carbonyl (C=O) groups excluding carboxylic acids is 2. The van der Waals surface area contributed by atoms with Gasteiger partial charge in [0.1, 0.15) is 11.4 Å². The molecular formula is C30H30Cl2N6O3. The van der Waals surface area contributed by atoms with Gasteiger partial charge in [-0.2, -0.15) is 0 Å². The van der Waals surface area contributed by atoms with Crippen LogP contribution in [0.2, 0.25) is 5.02 Å². The van der Waals surface area contributed by atoms with E-state index in [0.717, 1.165) is 27.9 Å². The van der Waals surface area contributed by atoms with E-state index in [9.17, 15) is 9.59 Å². The third-order valence-corrected chi connectivity index (χ3v) is 8.29. The summed E-state index contributed by atoms with van der Waals surface area (Å²) in [5.41, 5.74) is 5.42. The van der Waals surface area contributed by atoms with Gasteiger partial charge < -0.3 is 15.0 Å². The molecule has 212 valence electrons. The second-order valence-electron chi connectivity index (χ2n) is 11.1. The highest BCUT2D eigenvalue weighted by Crippen LogP contribution is 2.54. The first kappa shape index (κ1) is 27.2. The SMILES string of the molecule is COc1ccc(CNC(C)=O)cc1-n1nc2c3c1C(C)(C)c1cc(Cl)ccc1C3N(C1=CN(C)CC(Cl)=C1)C(=O)N2. The van der Waals surface area contributed by atoms with Crippen LogP contribution < -0.4 is 15.4 Å². The van der Waals surface area contributed by atoms with E-state index in [4.69, 9.17) is 33.0 Å². The van der Waals surface area contributed by atoms with Crippen molar-refractivity contribution in [3.63, 3.8) is 0 Å². The highest BCUT2D eigenvalue weighted by Gasteiger charge is 2.50. The number of amides is 3. The lowest BCUT2D eigenvalue weighted by Gasteiger charge is -2.45. The summed E-state index contributed by atoms with van der Waals surface area (Å²) in [6.45, 7) is 6.66. The fraction of sp³-hybridized carbons (Fsp3) is 0.300. The first-order valence-corrected chi connectivity index (χ1v) is 14.0. The zero-order valence-corrected chi connectivity index (χ0v) is 24.9. The van der Waals surface area contributed by atoms with Crippen molar-refractivity contribution in [3.8, 4) is 11.4 Å². The molecule has 2 aromatic carbocycles. The number of rotatable bonds is 5. The minimum absolute atomic E-state index is 0.121. The highest BCUT2D eigenvalue weighted by molar-refractivity contribution is 6.30. The number of aromatic nitrogens is 2. The monoisotopic (exact) mass is 592 g/mol. The number of nitrogens with zero attached hydrogens (tertiary/aromatic N) is 4. The Bertz CT molecular complexity index is 1670. The number of ether oxygens (including phenoxy) is 1. The lowest BCUT2D eigenvalue weighted by molar-refractivity contribution is -0.119. The topological polar surface area (TPSA) is 91.7 Å². The summed E-state index contributed by atoms with van der Waals surface area (Å²) in [5.74, 6) is 0.963. The molecule has 1 aromatic heterocycles. The molecule has 0 bridgehead atoms. The van der Waals surface area contributed by atoms with E-state index in [0.29, 0.717) is 46.1 Å². The molecule has 6 rings (SSSR count). The molecule has 0 saturated heterocycles. The number of anilines is 1. The molecule has 9 nitrogen and oxygen atoms in total. The molecule has 0 spiro atoms. The number of benzene rings is 2. The van der Waals surface area contributed by atoms with Crippen molar-refractivity contribution in [3.05, 3.63) is 92.4 Å². The molecule has 0 saturated carbocycles. The largest absolute Gasteiger partial charge is 0.494 e. The number of fused-ring (bicyclic) bond motifs is 2. The molecule has 0 fully saturated rings. The van der Waals surface area contributed by atoms with Gasteiger partial charge in [-0.15, -0.1) is 5.10 Å². The molecule has 3 amide bonds. The van der Waals surface area contributed by atoms with Gasteiger partial charge in [-0.3, -0.25) is 15.0 Å². The Hall–Kier alpha value is -3.95. The smallest absolute Gasteiger partial charge is 0.328 e. The van der Waals surface area contributed by atoms with Gasteiger partial charge in [0.05, 0.1) is 31.1 Å². The minimum Gasteiger partial charge on any atom is -0.494 e. The lowest BCUT2D eigenvalue weighted by Crippen LogP contribution is -2.46. The van der Waals surface area contributed by atoms with Crippen molar-refractivity contribution in [2.75, 3.05) is 26.0 Å². The molecule has 0 radical (unpaired) electrons. The van der Waals surface area contributed by atoms with Crippen LogP contribution in [0.25, 0.3) is 5.69 Å². The number of likely N-dealkylation sites (N-methyl/N-ethyl adjacent to an activating group) is 1. The Balaban J connectivity index is 1.62. The summed E-state index contributed by atoms with van der Waals surface area (Å²) in [7, 11) is 3.53. The number of methoxy groups -OCH3 is 1. The number of hydrogen-bond donors (Lipinski definition) is 2. The predicted octanol–water partition coefficient (Wildman–Crippen LogP) is 5.66. The fourth-order valence-corrected chi connectivity index (χ4v) is 6.56. The minimum atomic E-state index is -0.561. The molecule has 1 unspecified atom stereocenters. The number of carbonyl (C=O) groups is 2. The van der Waals surface area contributed by atoms with Crippen LogP contribution in [0.3, 0.4) is 0 Å². The van der Waals surface area contributed by atoms with Crippen molar-refractivity contribution in [2.45, 2.75) is 38.8 Å². The molecule has 1 aliphatic carbocycles. The normalized spacial score (nSPS) is 18.6. The van der Waals surface area contributed by atoms with Crippen LogP contribution in [-0.2, 0) is 16.8 Å². The summed E-state index contributed by atoms with van der Waals surface area (Å²) in [5, 5.41) is 12.1. The first-order chi connectivity index (χ1) is 19.5. The van der Waals surface area contributed by atoms with Gasteiger partial charge in [-0.05, 0) is 47.0 Å². The molecule has 2 N–H and O–H groups in total. The molecule has 2 aliphatic heterocycles.